The lowest BCUT2D eigenvalue weighted by Crippen LogP contribution is -2.41. The Kier molecular flexibility index (Phi) is 5.77. The fraction of sp³-hybridized carbons (Fsp3) is 0.200. The number of anilines is 1. The molecule has 1 atom stereocenters. The summed E-state index contributed by atoms with van der Waals surface area (Å²) in [7, 11) is 0. The molecule has 22 heavy (non-hydrogen) atoms. The van der Waals surface area contributed by atoms with Gasteiger partial charge >= 0.3 is 0 Å². The van der Waals surface area contributed by atoms with E-state index in [9.17, 15) is 9.59 Å². The van der Waals surface area contributed by atoms with Crippen molar-refractivity contribution in [2.24, 2.45) is 0 Å². The Labute approximate surface area is 149 Å². The molecule has 0 saturated heterocycles. The number of thiophene rings is 1. The predicted molar refractivity (Wildman–Crippen MR) is 96.5 cm³/mol. The van der Waals surface area contributed by atoms with Crippen LogP contribution in [-0.4, -0.2) is 17.9 Å². The first-order valence-electron chi connectivity index (χ1n) is 6.50. The molecule has 0 aliphatic carbocycles. The van der Waals surface area contributed by atoms with E-state index in [0.29, 0.717) is 4.88 Å². The van der Waals surface area contributed by atoms with Crippen molar-refractivity contribution >= 4 is 60.7 Å². The third kappa shape index (κ3) is 4.41. The van der Waals surface area contributed by atoms with Crippen LogP contribution in [0.15, 0.2) is 38.6 Å². The molecule has 0 aliphatic heterocycles. The van der Waals surface area contributed by atoms with Crippen molar-refractivity contribution in [1.29, 1.82) is 0 Å². The maximum atomic E-state index is 12.2. The molecule has 0 radical (unpaired) electrons. The molecule has 2 amide bonds. The minimum Gasteiger partial charge on any atom is -0.340 e. The molecule has 0 fully saturated rings. The van der Waals surface area contributed by atoms with Gasteiger partial charge in [-0.2, -0.15) is 0 Å². The minimum absolute atomic E-state index is 0.259. The highest BCUT2D eigenvalue weighted by Crippen LogP contribution is 2.22. The monoisotopic (exact) mass is 444 g/mol. The second-order valence-corrected chi connectivity index (χ2v) is 8.13. The minimum atomic E-state index is -0.633. The van der Waals surface area contributed by atoms with E-state index in [0.717, 1.165) is 19.5 Å². The van der Waals surface area contributed by atoms with Gasteiger partial charge in [0.15, 0.2) is 0 Å². The van der Waals surface area contributed by atoms with Gasteiger partial charge in [0, 0.05) is 10.2 Å². The van der Waals surface area contributed by atoms with Gasteiger partial charge in [0.05, 0.1) is 8.66 Å². The zero-order valence-corrected chi connectivity index (χ0v) is 15.9. The molecule has 2 N–H and O–H groups in total. The number of amides is 2. The Morgan fingerprint density at radius 3 is 2.55 bits per heavy atom. The lowest BCUT2D eigenvalue weighted by molar-refractivity contribution is -0.117. The van der Waals surface area contributed by atoms with Crippen LogP contribution < -0.4 is 10.6 Å². The number of aryl methyl sites for hydroxylation is 1. The van der Waals surface area contributed by atoms with E-state index in [1.807, 2.05) is 25.1 Å². The first kappa shape index (κ1) is 17.2. The number of hydrogen-bond acceptors (Lipinski definition) is 3. The van der Waals surface area contributed by atoms with Crippen LogP contribution >= 0.6 is 43.2 Å². The van der Waals surface area contributed by atoms with Gasteiger partial charge in [0.25, 0.3) is 5.91 Å². The number of carbonyl (C=O) groups is 2. The smallest absolute Gasteiger partial charge is 0.262 e. The SMILES string of the molecule is Cc1ccc(Br)cc1NC(=O)C(C)NC(=O)c1ccc(Br)s1. The second-order valence-electron chi connectivity index (χ2n) is 4.75. The van der Waals surface area contributed by atoms with E-state index in [4.69, 9.17) is 0 Å². The Hall–Kier alpha value is -1.18. The van der Waals surface area contributed by atoms with Crippen molar-refractivity contribution in [3.63, 3.8) is 0 Å². The molecule has 0 saturated carbocycles. The van der Waals surface area contributed by atoms with Crippen LogP contribution in [-0.2, 0) is 4.79 Å². The lowest BCUT2D eigenvalue weighted by atomic mass is 10.2. The maximum Gasteiger partial charge on any atom is 0.262 e. The van der Waals surface area contributed by atoms with E-state index >= 15 is 0 Å². The van der Waals surface area contributed by atoms with Crippen LogP contribution in [0.5, 0.6) is 0 Å². The van der Waals surface area contributed by atoms with Crippen LogP contribution in [0.1, 0.15) is 22.2 Å². The third-order valence-electron chi connectivity index (χ3n) is 3.00. The third-order valence-corrected chi connectivity index (χ3v) is 5.11. The second kappa shape index (κ2) is 7.39. The van der Waals surface area contributed by atoms with Crippen molar-refractivity contribution in [1.82, 2.24) is 5.32 Å². The highest BCUT2D eigenvalue weighted by atomic mass is 79.9. The normalized spacial score (nSPS) is 11.8. The zero-order valence-electron chi connectivity index (χ0n) is 11.9. The Balaban J connectivity index is 2.00. The van der Waals surface area contributed by atoms with Crippen molar-refractivity contribution in [3.8, 4) is 0 Å². The van der Waals surface area contributed by atoms with E-state index in [2.05, 4.69) is 42.5 Å². The molecule has 1 heterocycles. The summed E-state index contributed by atoms with van der Waals surface area (Å²) >= 11 is 8.01. The highest BCUT2D eigenvalue weighted by molar-refractivity contribution is 9.11. The molecule has 116 valence electrons. The van der Waals surface area contributed by atoms with Crippen LogP contribution in [0.3, 0.4) is 0 Å². The van der Waals surface area contributed by atoms with Gasteiger partial charge in [-0.3, -0.25) is 9.59 Å². The fourth-order valence-corrected chi connectivity index (χ4v) is 3.39. The summed E-state index contributed by atoms with van der Waals surface area (Å²) in [6.45, 7) is 3.57. The summed E-state index contributed by atoms with van der Waals surface area (Å²) in [5.41, 5.74) is 1.68. The average molecular weight is 446 g/mol. The van der Waals surface area contributed by atoms with E-state index < -0.39 is 6.04 Å². The molecular weight excluding hydrogens is 432 g/mol. The first-order valence-corrected chi connectivity index (χ1v) is 8.90. The number of rotatable bonds is 4. The molecule has 4 nitrogen and oxygen atoms in total. The van der Waals surface area contributed by atoms with Crippen molar-refractivity contribution in [2.45, 2.75) is 19.9 Å². The number of halogens is 2. The lowest BCUT2D eigenvalue weighted by Gasteiger charge is -2.15. The zero-order chi connectivity index (χ0) is 16.3. The van der Waals surface area contributed by atoms with E-state index in [1.165, 1.54) is 11.3 Å². The fourth-order valence-electron chi connectivity index (χ4n) is 1.74. The Morgan fingerprint density at radius 2 is 1.91 bits per heavy atom. The first-order chi connectivity index (χ1) is 10.4. The summed E-state index contributed by atoms with van der Waals surface area (Å²) in [5.74, 6) is -0.519. The largest absolute Gasteiger partial charge is 0.340 e. The summed E-state index contributed by atoms with van der Waals surface area (Å²) < 4.78 is 1.76. The van der Waals surface area contributed by atoms with E-state index in [1.54, 1.807) is 19.1 Å². The van der Waals surface area contributed by atoms with E-state index in [-0.39, 0.29) is 11.8 Å². The van der Waals surface area contributed by atoms with Crippen LogP contribution in [0.4, 0.5) is 5.69 Å². The maximum absolute atomic E-state index is 12.2. The summed E-state index contributed by atoms with van der Waals surface area (Å²) in [4.78, 5) is 24.8. The van der Waals surface area contributed by atoms with Crippen LogP contribution in [0.2, 0.25) is 0 Å². The van der Waals surface area contributed by atoms with Crippen LogP contribution in [0.25, 0.3) is 0 Å². The van der Waals surface area contributed by atoms with Gasteiger partial charge in [-0.15, -0.1) is 11.3 Å². The van der Waals surface area contributed by atoms with Gasteiger partial charge in [-0.1, -0.05) is 22.0 Å². The van der Waals surface area contributed by atoms with Crippen molar-refractivity contribution in [2.75, 3.05) is 5.32 Å². The molecular formula is C15H14Br2N2O2S. The van der Waals surface area contributed by atoms with Gasteiger partial charge < -0.3 is 10.6 Å². The summed E-state index contributed by atoms with van der Waals surface area (Å²) in [6, 6.07) is 8.53. The van der Waals surface area contributed by atoms with Gasteiger partial charge in [-0.25, -0.2) is 0 Å². The Bertz CT molecular complexity index is 715. The van der Waals surface area contributed by atoms with Gasteiger partial charge in [-0.05, 0) is 59.6 Å². The quantitative estimate of drug-likeness (QED) is 0.735. The molecule has 7 heteroatoms. The number of carbonyl (C=O) groups excluding carboxylic acids is 2. The molecule has 1 unspecified atom stereocenters. The molecule has 1 aromatic heterocycles. The van der Waals surface area contributed by atoms with Crippen molar-refractivity contribution in [3.05, 3.63) is 49.0 Å². The standard InChI is InChI=1S/C15H14Br2N2O2S/c1-8-3-4-10(16)7-11(8)19-14(20)9(2)18-15(21)12-5-6-13(17)22-12/h3-7,9H,1-2H3,(H,18,21)(H,19,20). The molecule has 2 aromatic rings. The van der Waals surface area contributed by atoms with Crippen molar-refractivity contribution < 1.29 is 9.59 Å². The molecule has 0 aliphatic rings. The summed E-state index contributed by atoms with van der Waals surface area (Å²) in [5, 5.41) is 5.51. The number of benzene rings is 1. The Morgan fingerprint density at radius 1 is 1.18 bits per heavy atom. The van der Waals surface area contributed by atoms with Gasteiger partial charge in [0.1, 0.15) is 6.04 Å². The average Bonchev–Trinajstić information content (AvgIpc) is 2.89. The molecule has 0 bridgehead atoms. The summed E-state index contributed by atoms with van der Waals surface area (Å²) in [6.07, 6.45) is 0. The highest BCUT2D eigenvalue weighted by Gasteiger charge is 2.18. The predicted octanol–water partition coefficient (Wildman–Crippen LogP) is 4.34. The van der Waals surface area contributed by atoms with Gasteiger partial charge in [0.2, 0.25) is 5.91 Å². The topological polar surface area (TPSA) is 58.2 Å². The molecule has 0 spiro atoms. The van der Waals surface area contributed by atoms with Crippen LogP contribution in [0, 0.1) is 6.92 Å². The molecule has 2 rings (SSSR count). The number of nitrogens with one attached hydrogen (secondary N) is 2. The number of hydrogen-bond donors (Lipinski definition) is 2. The molecule has 1 aromatic carbocycles.